The molecule has 1 amide bonds. The van der Waals surface area contributed by atoms with Crippen LogP contribution in [0.1, 0.15) is 34.8 Å². The molecule has 2 aromatic rings. The van der Waals surface area contributed by atoms with Gasteiger partial charge in [0.25, 0.3) is 0 Å². The van der Waals surface area contributed by atoms with Crippen molar-refractivity contribution in [1.29, 1.82) is 0 Å². The van der Waals surface area contributed by atoms with Crippen LogP contribution in [0.25, 0.3) is 0 Å². The molecule has 0 aliphatic carbocycles. The second-order valence-electron chi connectivity index (χ2n) is 5.89. The van der Waals surface area contributed by atoms with Gasteiger partial charge in [0, 0.05) is 40.8 Å². The maximum atomic E-state index is 12.4. The Morgan fingerprint density at radius 1 is 1.43 bits per heavy atom. The van der Waals surface area contributed by atoms with E-state index in [2.05, 4.69) is 45.2 Å². The fourth-order valence-corrected chi connectivity index (χ4v) is 3.64. The zero-order valence-corrected chi connectivity index (χ0v) is 14.1. The van der Waals surface area contributed by atoms with Crippen molar-refractivity contribution < 1.29 is 4.79 Å². The largest absolute Gasteiger partial charge is 0.352 e. The fraction of sp³-hybridized carbons (Fsp3) is 0.438. The molecule has 122 valence electrons. The maximum Gasteiger partial charge on any atom is 0.238 e. The van der Waals surface area contributed by atoms with E-state index in [0.717, 1.165) is 12.1 Å². The van der Waals surface area contributed by atoms with Crippen molar-refractivity contribution >= 4 is 17.2 Å². The first kappa shape index (κ1) is 16.0. The van der Waals surface area contributed by atoms with E-state index in [1.165, 1.54) is 9.75 Å². The summed E-state index contributed by atoms with van der Waals surface area (Å²) in [4.78, 5) is 23.2. The fourth-order valence-electron chi connectivity index (χ4n) is 2.70. The van der Waals surface area contributed by atoms with Gasteiger partial charge in [-0.2, -0.15) is 0 Å². The van der Waals surface area contributed by atoms with Gasteiger partial charge in [-0.15, -0.1) is 11.3 Å². The minimum atomic E-state index is -0.216. The molecule has 3 unspecified atom stereocenters. The van der Waals surface area contributed by atoms with Crippen molar-refractivity contribution in [2.75, 3.05) is 0 Å². The van der Waals surface area contributed by atoms with Crippen LogP contribution in [0.5, 0.6) is 0 Å². The molecule has 1 saturated heterocycles. The summed E-state index contributed by atoms with van der Waals surface area (Å²) < 4.78 is 0. The number of carbonyl (C=O) groups excluding carboxylic acids is 1. The van der Waals surface area contributed by atoms with E-state index in [1.807, 2.05) is 6.92 Å². The Morgan fingerprint density at radius 3 is 3.00 bits per heavy atom. The molecule has 1 aliphatic rings. The van der Waals surface area contributed by atoms with E-state index in [9.17, 15) is 4.79 Å². The number of aromatic nitrogens is 2. The number of thiophene rings is 1. The Balaban J connectivity index is 1.51. The van der Waals surface area contributed by atoms with E-state index in [1.54, 1.807) is 29.9 Å². The summed E-state index contributed by atoms with van der Waals surface area (Å²) in [6.45, 7) is 4.07. The van der Waals surface area contributed by atoms with Gasteiger partial charge < -0.3 is 5.32 Å². The molecule has 1 fully saturated rings. The van der Waals surface area contributed by atoms with Crippen LogP contribution in [0.15, 0.2) is 30.7 Å². The summed E-state index contributed by atoms with van der Waals surface area (Å²) in [5.41, 5.74) is 7.20. The van der Waals surface area contributed by atoms with Crippen LogP contribution in [-0.2, 0) is 11.2 Å². The summed E-state index contributed by atoms with van der Waals surface area (Å²) in [5.74, 6) is 0.0182. The quantitative estimate of drug-likeness (QED) is 0.774. The molecule has 0 aromatic carbocycles. The number of nitrogens with zero attached hydrogens (tertiary/aromatic N) is 2. The highest BCUT2D eigenvalue weighted by molar-refractivity contribution is 7.12. The molecule has 1 aliphatic heterocycles. The average molecular weight is 331 g/mol. The van der Waals surface area contributed by atoms with Crippen LogP contribution in [0.3, 0.4) is 0 Å². The predicted molar refractivity (Wildman–Crippen MR) is 89.8 cm³/mol. The highest BCUT2D eigenvalue weighted by atomic mass is 32.1. The minimum absolute atomic E-state index is 0.0176. The Labute approximate surface area is 139 Å². The molecule has 23 heavy (non-hydrogen) atoms. The molecule has 3 heterocycles. The summed E-state index contributed by atoms with van der Waals surface area (Å²) in [5, 5.41) is 3.04. The zero-order chi connectivity index (χ0) is 16.2. The van der Waals surface area contributed by atoms with Crippen molar-refractivity contribution in [2.45, 2.75) is 44.8 Å². The molecule has 2 aromatic heterocycles. The number of hydrogen-bond donors (Lipinski definition) is 3. The number of nitrogens with one attached hydrogen (secondary N) is 3. The van der Waals surface area contributed by atoms with E-state index < -0.39 is 0 Å². The molecular weight excluding hydrogens is 310 g/mol. The van der Waals surface area contributed by atoms with Crippen LogP contribution in [0.4, 0.5) is 0 Å². The van der Waals surface area contributed by atoms with Crippen LogP contribution in [0.2, 0.25) is 0 Å². The molecular formula is C16H21N5OS. The number of carbonyl (C=O) groups is 1. The third-order valence-electron chi connectivity index (χ3n) is 3.84. The van der Waals surface area contributed by atoms with Gasteiger partial charge in [-0.05, 0) is 32.4 Å². The third-order valence-corrected chi connectivity index (χ3v) is 4.96. The minimum Gasteiger partial charge on any atom is -0.352 e. The monoisotopic (exact) mass is 331 g/mol. The van der Waals surface area contributed by atoms with Crippen LogP contribution in [-0.4, -0.2) is 28.0 Å². The number of amides is 1. The lowest BCUT2D eigenvalue weighted by molar-refractivity contribution is -0.123. The SMILES string of the molecule is Cc1ccc(C2CC(C(=O)NC(C)Cc3cnccn3)NN2)s1. The van der Waals surface area contributed by atoms with Crippen molar-refractivity contribution in [1.82, 2.24) is 26.1 Å². The first-order valence-electron chi connectivity index (χ1n) is 7.74. The number of rotatable bonds is 5. The van der Waals surface area contributed by atoms with Gasteiger partial charge in [0.05, 0.1) is 11.7 Å². The highest BCUT2D eigenvalue weighted by Crippen LogP contribution is 2.28. The molecule has 3 atom stereocenters. The lowest BCUT2D eigenvalue weighted by Gasteiger charge is -2.16. The standard InChI is InChI=1S/C16H21N5OS/c1-10(7-12-9-17-5-6-18-12)19-16(22)14-8-13(20-21-14)15-4-3-11(2)23-15/h3-6,9-10,13-14,20-21H,7-8H2,1-2H3,(H,19,22). The number of aryl methyl sites for hydroxylation is 1. The van der Waals surface area contributed by atoms with E-state index in [0.29, 0.717) is 6.42 Å². The first-order valence-corrected chi connectivity index (χ1v) is 8.56. The molecule has 3 N–H and O–H groups in total. The normalized spacial score (nSPS) is 22.0. The molecule has 0 bridgehead atoms. The van der Waals surface area contributed by atoms with Gasteiger partial charge in [-0.25, -0.2) is 10.9 Å². The number of hydrogen-bond acceptors (Lipinski definition) is 6. The molecule has 3 rings (SSSR count). The first-order chi connectivity index (χ1) is 11.1. The van der Waals surface area contributed by atoms with Crippen LogP contribution >= 0.6 is 11.3 Å². The van der Waals surface area contributed by atoms with Gasteiger partial charge in [-0.1, -0.05) is 0 Å². The van der Waals surface area contributed by atoms with Gasteiger partial charge in [-0.3, -0.25) is 14.8 Å². The number of hydrazine groups is 1. The smallest absolute Gasteiger partial charge is 0.238 e. The van der Waals surface area contributed by atoms with E-state index in [4.69, 9.17) is 0 Å². The van der Waals surface area contributed by atoms with Crippen molar-refractivity contribution in [2.24, 2.45) is 0 Å². The van der Waals surface area contributed by atoms with E-state index >= 15 is 0 Å². The van der Waals surface area contributed by atoms with Gasteiger partial charge in [0.2, 0.25) is 5.91 Å². The third kappa shape index (κ3) is 4.13. The lowest BCUT2D eigenvalue weighted by Crippen LogP contribution is -2.46. The molecule has 0 spiro atoms. The summed E-state index contributed by atoms with van der Waals surface area (Å²) in [6.07, 6.45) is 6.47. The van der Waals surface area contributed by atoms with Gasteiger partial charge >= 0.3 is 0 Å². The predicted octanol–water partition coefficient (Wildman–Crippen LogP) is 1.50. The Morgan fingerprint density at radius 2 is 2.30 bits per heavy atom. The zero-order valence-electron chi connectivity index (χ0n) is 13.2. The Kier molecular flexibility index (Phi) is 5.00. The second-order valence-corrected chi connectivity index (χ2v) is 7.21. The summed E-state index contributed by atoms with van der Waals surface area (Å²) in [7, 11) is 0. The summed E-state index contributed by atoms with van der Waals surface area (Å²) >= 11 is 1.77. The molecule has 7 heteroatoms. The van der Waals surface area contributed by atoms with Gasteiger partial charge in [0.15, 0.2) is 0 Å². The van der Waals surface area contributed by atoms with Crippen molar-refractivity contribution in [3.8, 4) is 0 Å². The molecule has 0 radical (unpaired) electrons. The highest BCUT2D eigenvalue weighted by Gasteiger charge is 2.31. The van der Waals surface area contributed by atoms with Crippen molar-refractivity contribution in [3.63, 3.8) is 0 Å². The van der Waals surface area contributed by atoms with E-state index in [-0.39, 0.29) is 24.0 Å². The topological polar surface area (TPSA) is 78.9 Å². The van der Waals surface area contributed by atoms with Crippen LogP contribution in [0, 0.1) is 6.92 Å². The van der Waals surface area contributed by atoms with Crippen LogP contribution < -0.4 is 16.2 Å². The van der Waals surface area contributed by atoms with Crippen molar-refractivity contribution in [3.05, 3.63) is 46.2 Å². The Hall–Kier alpha value is -1.83. The second kappa shape index (κ2) is 7.16. The lowest BCUT2D eigenvalue weighted by atomic mass is 10.1. The molecule has 0 saturated carbocycles. The summed E-state index contributed by atoms with van der Waals surface area (Å²) in [6, 6.07) is 4.23. The Bertz CT molecular complexity index is 660. The van der Waals surface area contributed by atoms with Gasteiger partial charge in [0.1, 0.15) is 6.04 Å². The average Bonchev–Trinajstić information content (AvgIpc) is 3.16. The maximum absolute atomic E-state index is 12.4. The molecule has 6 nitrogen and oxygen atoms in total.